The molecule has 21 heavy (non-hydrogen) atoms. The molecule has 1 saturated heterocycles. The molecule has 0 unspecified atom stereocenters. The van der Waals surface area contributed by atoms with E-state index >= 15 is 0 Å². The summed E-state index contributed by atoms with van der Waals surface area (Å²) in [6.07, 6.45) is 5.41. The number of piperazine rings is 1. The minimum atomic E-state index is 1.16. The van der Waals surface area contributed by atoms with E-state index in [-0.39, 0.29) is 0 Å². The van der Waals surface area contributed by atoms with Crippen LogP contribution < -0.4 is 10.2 Å². The molecule has 1 fully saturated rings. The second kappa shape index (κ2) is 9.06. The van der Waals surface area contributed by atoms with Crippen molar-refractivity contribution in [1.82, 2.24) is 10.2 Å². The van der Waals surface area contributed by atoms with Gasteiger partial charge in [0.25, 0.3) is 0 Å². The third-order valence-corrected chi connectivity index (χ3v) is 4.42. The van der Waals surface area contributed by atoms with Crippen molar-refractivity contribution in [2.24, 2.45) is 0 Å². The van der Waals surface area contributed by atoms with E-state index in [1.807, 2.05) is 7.05 Å². The fraction of sp³-hybridized carbons (Fsp3) is 0.667. The minimum Gasteiger partial charge on any atom is -0.369 e. The predicted octanol–water partition coefficient (Wildman–Crippen LogP) is 2.90. The Hall–Kier alpha value is -1.06. The van der Waals surface area contributed by atoms with Gasteiger partial charge in [-0.1, -0.05) is 30.5 Å². The molecule has 0 aliphatic carbocycles. The maximum Gasteiger partial charge on any atom is 0.0367 e. The molecular weight excluding hydrogens is 258 g/mol. The van der Waals surface area contributed by atoms with E-state index in [4.69, 9.17) is 0 Å². The molecule has 0 spiro atoms. The molecule has 1 heterocycles. The lowest BCUT2D eigenvalue weighted by Crippen LogP contribution is -2.46. The number of benzene rings is 1. The van der Waals surface area contributed by atoms with Crippen molar-refractivity contribution in [3.8, 4) is 0 Å². The van der Waals surface area contributed by atoms with Crippen LogP contribution in [0.1, 0.15) is 31.2 Å². The highest BCUT2D eigenvalue weighted by Crippen LogP contribution is 2.17. The Morgan fingerprint density at radius 2 is 1.57 bits per heavy atom. The van der Waals surface area contributed by atoms with Crippen LogP contribution in [0.15, 0.2) is 24.3 Å². The van der Waals surface area contributed by atoms with Crippen LogP contribution in [0, 0.1) is 6.92 Å². The number of rotatable bonds is 8. The Labute approximate surface area is 130 Å². The Kier molecular flexibility index (Phi) is 7.04. The molecule has 3 nitrogen and oxygen atoms in total. The van der Waals surface area contributed by atoms with Crippen molar-refractivity contribution < 1.29 is 0 Å². The zero-order valence-electron chi connectivity index (χ0n) is 13.8. The molecule has 3 heteroatoms. The first-order chi connectivity index (χ1) is 10.3. The third-order valence-electron chi connectivity index (χ3n) is 4.42. The molecule has 1 aliphatic rings. The van der Waals surface area contributed by atoms with Gasteiger partial charge in [0, 0.05) is 31.9 Å². The highest BCUT2D eigenvalue weighted by molar-refractivity contribution is 5.47. The van der Waals surface area contributed by atoms with E-state index in [1.165, 1.54) is 69.7 Å². The maximum absolute atomic E-state index is 3.22. The van der Waals surface area contributed by atoms with Gasteiger partial charge in [-0.15, -0.1) is 0 Å². The van der Waals surface area contributed by atoms with E-state index in [0.29, 0.717) is 0 Å². The van der Waals surface area contributed by atoms with Gasteiger partial charge in [-0.2, -0.15) is 0 Å². The largest absolute Gasteiger partial charge is 0.369 e. The standard InChI is InChI=1S/C18H31N3/c1-17-7-9-18(10-8-17)21-15-13-20(14-16-21)12-6-4-3-5-11-19-2/h7-10,19H,3-6,11-16H2,1-2H3. The molecule has 1 aromatic carbocycles. The van der Waals surface area contributed by atoms with Crippen molar-refractivity contribution in [2.75, 3.05) is 51.2 Å². The summed E-state index contributed by atoms with van der Waals surface area (Å²) in [4.78, 5) is 5.14. The third kappa shape index (κ3) is 5.68. The highest BCUT2D eigenvalue weighted by Gasteiger charge is 2.16. The number of nitrogens with zero attached hydrogens (tertiary/aromatic N) is 2. The first kappa shape index (κ1) is 16.3. The van der Waals surface area contributed by atoms with Gasteiger partial charge < -0.3 is 10.2 Å². The van der Waals surface area contributed by atoms with E-state index in [9.17, 15) is 0 Å². The molecule has 0 radical (unpaired) electrons. The zero-order valence-corrected chi connectivity index (χ0v) is 13.8. The van der Waals surface area contributed by atoms with E-state index < -0.39 is 0 Å². The molecule has 1 aromatic rings. The topological polar surface area (TPSA) is 18.5 Å². The minimum absolute atomic E-state index is 1.16. The molecule has 1 N–H and O–H groups in total. The van der Waals surface area contributed by atoms with Crippen molar-refractivity contribution in [1.29, 1.82) is 0 Å². The van der Waals surface area contributed by atoms with Crippen LogP contribution in [0.4, 0.5) is 5.69 Å². The number of unbranched alkanes of at least 4 members (excludes halogenated alkanes) is 3. The monoisotopic (exact) mass is 289 g/mol. The first-order valence-electron chi connectivity index (χ1n) is 8.48. The summed E-state index contributed by atoms with van der Waals surface area (Å²) >= 11 is 0. The highest BCUT2D eigenvalue weighted by atomic mass is 15.3. The van der Waals surface area contributed by atoms with Crippen LogP contribution in [-0.2, 0) is 0 Å². The molecule has 2 rings (SSSR count). The van der Waals surface area contributed by atoms with Gasteiger partial charge in [0.1, 0.15) is 0 Å². The van der Waals surface area contributed by atoms with Gasteiger partial charge in [-0.05, 0) is 52.0 Å². The summed E-state index contributed by atoms with van der Waals surface area (Å²) in [7, 11) is 2.04. The van der Waals surface area contributed by atoms with Crippen molar-refractivity contribution >= 4 is 5.69 Å². The van der Waals surface area contributed by atoms with Crippen LogP contribution in [0.25, 0.3) is 0 Å². The van der Waals surface area contributed by atoms with Gasteiger partial charge in [-0.25, -0.2) is 0 Å². The summed E-state index contributed by atoms with van der Waals surface area (Å²) in [6, 6.07) is 8.94. The average molecular weight is 289 g/mol. The lowest BCUT2D eigenvalue weighted by molar-refractivity contribution is 0.252. The van der Waals surface area contributed by atoms with Gasteiger partial charge in [0.05, 0.1) is 0 Å². The second-order valence-electron chi connectivity index (χ2n) is 6.18. The van der Waals surface area contributed by atoms with Crippen molar-refractivity contribution in [3.63, 3.8) is 0 Å². The predicted molar refractivity (Wildman–Crippen MR) is 92.2 cm³/mol. The molecule has 0 amide bonds. The Morgan fingerprint density at radius 3 is 2.24 bits per heavy atom. The normalized spacial score (nSPS) is 16.4. The lowest BCUT2D eigenvalue weighted by atomic mass is 10.1. The Morgan fingerprint density at radius 1 is 0.905 bits per heavy atom. The van der Waals surface area contributed by atoms with E-state index in [1.54, 1.807) is 0 Å². The van der Waals surface area contributed by atoms with Gasteiger partial charge in [0.2, 0.25) is 0 Å². The van der Waals surface area contributed by atoms with Crippen LogP contribution in [0.5, 0.6) is 0 Å². The summed E-state index contributed by atoms with van der Waals surface area (Å²) < 4.78 is 0. The first-order valence-corrected chi connectivity index (χ1v) is 8.48. The van der Waals surface area contributed by atoms with Gasteiger partial charge >= 0.3 is 0 Å². The molecule has 118 valence electrons. The number of aryl methyl sites for hydroxylation is 1. The lowest BCUT2D eigenvalue weighted by Gasteiger charge is -2.36. The van der Waals surface area contributed by atoms with Gasteiger partial charge in [0.15, 0.2) is 0 Å². The molecule has 0 bridgehead atoms. The fourth-order valence-corrected chi connectivity index (χ4v) is 2.98. The van der Waals surface area contributed by atoms with Crippen LogP contribution in [0.2, 0.25) is 0 Å². The Balaban J connectivity index is 1.61. The molecular formula is C18H31N3. The molecule has 1 aliphatic heterocycles. The molecule has 0 aromatic heterocycles. The summed E-state index contributed by atoms with van der Waals surface area (Å²) in [6.45, 7) is 9.36. The number of nitrogens with one attached hydrogen (secondary N) is 1. The fourth-order valence-electron chi connectivity index (χ4n) is 2.98. The average Bonchev–Trinajstić information content (AvgIpc) is 2.52. The number of anilines is 1. The SMILES string of the molecule is CNCCCCCCN1CCN(c2ccc(C)cc2)CC1. The van der Waals surface area contributed by atoms with Crippen LogP contribution in [-0.4, -0.2) is 51.2 Å². The second-order valence-corrected chi connectivity index (χ2v) is 6.18. The number of hydrogen-bond acceptors (Lipinski definition) is 3. The summed E-state index contributed by atoms with van der Waals surface area (Å²) in [5.41, 5.74) is 2.72. The van der Waals surface area contributed by atoms with Crippen LogP contribution >= 0.6 is 0 Å². The van der Waals surface area contributed by atoms with Gasteiger partial charge in [-0.3, -0.25) is 4.90 Å². The zero-order chi connectivity index (χ0) is 14.9. The quantitative estimate of drug-likeness (QED) is 0.742. The molecule has 0 saturated carbocycles. The Bertz CT molecular complexity index is 380. The van der Waals surface area contributed by atoms with E-state index in [2.05, 4.69) is 46.3 Å². The van der Waals surface area contributed by atoms with Crippen molar-refractivity contribution in [3.05, 3.63) is 29.8 Å². The summed E-state index contributed by atoms with van der Waals surface area (Å²) in [5, 5.41) is 3.22. The van der Waals surface area contributed by atoms with Crippen molar-refractivity contribution in [2.45, 2.75) is 32.6 Å². The number of hydrogen-bond donors (Lipinski definition) is 1. The van der Waals surface area contributed by atoms with E-state index in [0.717, 1.165) is 6.54 Å². The summed E-state index contributed by atoms with van der Waals surface area (Å²) in [5.74, 6) is 0. The van der Waals surface area contributed by atoms with Crippen LogP contribution in [0.3, 0.4) is 0 Å². The molecule has 0 atom stereocenters. The smallest absolute Gasteiger partial charge is 0.0367 e. The maximum atomic E-state index is 3.22.